The van der Waals surface area contributed by atoms with E-state index in [0.29, 0.717) is 22.0 Å². The number of benzene rings is 2. The first-order valence-corrected chi connectivity index (χ1v) is 9.36. The Morgan fingerprint density at radius 2 is 1.83 bits per heavy atom. The summed E-state index contributed by atoms with van der Waals surface area (Å²) in [5, 5.41) is 3.25. The lowest BCUT2D eigenvalue weighted by molar-refractivity contribution is -0.123. The second-order valence-corrected chi connectivity index (χ2v) is 6.89. The van der Waals surface area contributed by atoms with Gasteiger partial charge in [0.15, 0.2) is 6.10 Å². The number of aryl methyl sites for hydroxylation is 1. The van der Waals surface area contributed by atoms with Crippen LogP contribution >= 0.6 is 11.6 Å². The molecule has 1 amide bonds. The Morgan fingerprint density at radius 1 is 1.10 bits per heavy atom. The summed E-state index contributed by atoms with van der Waals surface area (Å²) in [6, 6.07) is 14.1. The Balaban J connectivity index is 1.69. The van der Waals surface area contributed by atoms with Crippen molar-refractivity contribution in [2.45, 2.75) is 20.0 Å². The lowest BCUT2D eigenvalue weighted by Gasteiger charge is -2.16. The van der Waals surface area contributed by atoms with Gasteiger partial charge in [-0.25, -0.2) is 4.79 Å². The van der Waals surface area contributed by atoms with Gasteiger partial charge in [0.2, 0.25) is 0 Å². The number of carbonyl (C=O) groups excluding carboxylic acids is 2. The van der Waals surface area contributed by atoms with Gasteiger partial charge in [-0.2, -0.15) is 0 Å². The van der Waals surface area contributed by atoms with Crippen LogP contribution in [0.15, 0.2) is 60.9 Å². The van der Waals surface area contributed by atoms with Crippen LogP contribution in [0.4, 0.5) is 5.69 Å². The third-order valence-corrected chi connectivity index (χ3v) is 4.78. The fourth-order valence-electron chi connectivity index (χ4n) is 2.75. The maximum atomic E-state index is 12.5. The van der Waals surface area contributed by atoms with Crippen molar-refractivity contribution in [3.05, 3.63) is 77.1 Å². The van der Waals surface area contributed by atoms with Gasteiger partial charge in [0.05, 0.1) is 18.4 Å². The molecule has 0 bridgehead atoms. The van der Waals surface area contributed by atoms with Crippen molar-refractivity contribution in [3.63, 3.8) is 0 Å². The topological polar surface area (TPSA) is 69.6 Å². The number of anilines is 1. The van der Waals surface area contributed by atoms with Gasteiger partial charge in [-0.15, -0.1) is 0 Å². The van der Waals surface area contributed by atoms with E-state index >= 15 is 0 Å². The molecule has 1 atom stereocenters. The number of amides is 1. The maximum Gasteiger partial charge on any atom is 0.338 e. The van der Waals surface area contributed by atoms with E-state index in [1.165, 1.54) is 14.0 Å². The molecule has 0 aliphatic carbocycles. The summed E-state index contributed by atoms with van der Waals surface area (Å²) in [6.45, 7) is 3.33. The zero-order chi connectivity index (χ0) is 21.0. The van der Waals surface area contributed by atoms with Gasteiger partial charge in [-0.05, 0) is 55.8 Å². The largest absolute Gasteiger partial charge is 0.495 e. The van der Waals surface area contributed by atoms with E-state index in [2.05, 4.69) is 5.32 Å². The lowest BCUT2D eigenvalue weighted by atomic mass is 10.2. The van der Waals surface area contributed by atoms with Gasteiger partial charge < -0.3 is 19.4 Å². The molecule has 0 saturated carbocycles. The van der Waals surface area contributed by atoms with E-state index in [4.69, 9.17) is 21.1 Å². The Bertz CT molecular complexity index is 1030. The molecule has 0 fully saturated rings. The number of aromatic nitrogens is 1. The first kappa shape index (κ1) is 20.5. The molecule has 0 radical (unpaired) electrons. The molecule has 0 spiro atoms. The van der Waals surface area contributed by atoms with Gasteiger partial charge in [0.25, 0.3) is 5.91 Å². The van der Waals surface area contributed by atoms with Crippen molar-refractivity contribution in [3.8, 4) is 11.4 Å². The molecule has 0 aliphatic heterocycles. The van der Waals surface area contributed by atoms with Crippen LogP contribution in [0.25, 0.3) is 5.69 Å². The third-order valence-electron chi connectivity index (χ3n) is 4.38. The highest BCUT2D eigenvalue weighted by molar-refractivity contribution is 6.31. The summed E-state index contributed by atoms with van der Waals surface area (Å²) in [7, 11) is 1.48. The Hall–Kier alpha value is -3.25. The van der Waals surface area contributed by atoms with Crippen LogP contribution in [0, 0.1) is 6.92 Å². The third kappa shape index (κ3) is 4.78. The molecule has 3 rings (SSSR count). The lowest BCUT2D eigenvalue weighted by Crippen LogP contribution is -2.30. The molecule has 2 aromatic carbocycles. The molecular weight excluding hydrogens is 392 g/mol. The van der Waals surface area contributed by atoms with Crippen molar-refractivity contribution in [2.24, 2.45) is 0 Å². The standard InChI is InChI=1S/C22H21ClN2O4/c1-14-11-19(20(28-3)13-18(14)23)24-21(26)15(2)29-22(27)16-7-6-8-17(12-16)25-9-4-5-10-25/h4-13,15H,1-3H3,(H,24,26). The molecule has 1 heterocycles. The minimum absolute atomic E-state index is 0.357. The number of hydrogen-bond donors (Lipinski definition) is 1. The smallest absolute Gasteiger partial charge is 0.338 e. The molecule has 1 aromatic heterocycles. The summed E-state index contributed by atoms with van der Waals surface area (Å²) in [5.41, 5.74) is 2.42. The summed E-state index contributed by atoms with van der Waals surface area (Å²) < 4.78 is 12.5. The monoisotopic (exact) mass is 412 g/mol. The summed E-state index contributed by atoms with van der Waals surface area (Å²) in [6.07, 6.45) is 2.75. The van der Waals surface area contributed by atoms with Crippen LogP contribution in [0.2, 0.25) is 5.02 Å². The van der Waals surface area contributed by atoms with Gasteiger partial charge in [-0.1, -0.05) is 17.7 Å². The highest BCUT2D eigenvalue weighted by Crippen LogP contribution is 2.31. The Labute approximate surface area is 174 Å². The predicted molar refractivity (Wildman–Crippen MR) is 112 cm³/mol. The molecule has 1 N–H and O–H groups in total. The average Bonchev–Trinajstić information content (AvgIpc) is 3.25. The molecular formula is C22H21ClN2O4. The van der Waals surface area contributed by atoms with E-state index < -0.39 is 18.0 Å². The van der Waals surface area contributed by atoms with Crippen LogP contribution in [0.5, 0.6) is 5.75 Å². The van der Waals surface area contributed by atoms with Crippen molar-refractivity contribution in [2.75, 3.05) is 12.4 Å². The quantitative estimate of drug-likeness (QED) is 0.599. The van der Waals surface area contributed by atoms with Crippen LogP contribution in [0.3, 0.4) is 0 Å². The number of methoxy groups -OCH3 is 1. The summed E-state index contributed by atoms with van der Waals surface area (Å²) in [4.78, 5) is 25.0. The minimum Gasteiger partial charge on any atom is -0.495 e. The van der Waals surface area contributed by atoms with Gasteiger partial charge in [-0.3, -0.25) is 4.79 Å². The zero-order valence-electron chi connectivity index (χ0n) is 16.3. The number of nitrogens with zero attached hydrogens (tertiary/aromatic N) is 1. The molecule has 29 heavy (non-hydrogen) atoms. The van der Waals surface area contributed by atoms with Gasteiger partial charge >= 0.3 is 5.97 Å². The number of halogens is 1. The van der Waals surface area contributed by atoms with Crippen molar-refractivity contribution < 1.29 is 19.1 Å². The van der Waals surface area contributed by atoms with Crippen LogP contribution in [-0.2, 0) is 9.53 Å². The molecule has 0 aliphatic rings. The first-order valence-electron chi connectivity index (χ1n) is 8.98. The molecule has 0 saturated heterocycles. The number of hydrogen-bond acceptors (Lipinski definition) is 4. The van der Waals surface area contributed by atoms with E-state index in [0.717, 1.165) is 11.3 Å². The van der Waals surface area contributed by atoms with Crippen LogP contribution < -0.4 is 10.1 Å². The summed E-state index contributed by atoms with van der Waals surface area (Å²) >= 11 is 6.09. The second-order valence-electron chi connectivity index (χ2n) is 6.48. The van der Waals surface area contributed by atoms with Crippen LogP contribution in [-0.4, -0.2) is 29.7 Å². The number of esters is 1. The highest BCUT2D eigenvalue weighted by atomic mass is 35.5. The van der Waals surface area contributed by atoms with Crippen molar-refractivity contribution >= 4 is 29.2 Å². The van der Waals surface area contributed by atoms with Crippen LogP contribution in [0.1, 0.15) is 22.8 Å². The van der Waals surface area contributed by atoms with E-state index in [9.17, 15) is 9.59 Å². The fraction of sp³-hybridized carbons (Fsp3) is 0.182. The maximum absolute atomic E-state index is 12.5. The number of nitrogens with one attached hydrogen (secondary N) is 1. The SMILES string of the molecule is COc1cc(Cl)c(C)cc1NC(=O)C(C)OC(=O)c1cccc(-n2cccc2)c1. The summed E-state index contributed by atoms with van der Waals surface area (Å²) in [5.74, 6) is -0.632. The zero-order valence-corrected chi connectivity index (χ0v) is 17.1. The van der Waals surface area contributed by atoms with Crippen molar-refractivity contribution in [1.82, 2.24) is 4.57 Å². The second kappa shape index (κ2) is 8.84. The fourth-order valence-corrected chi connectivity index (χ4v) is 2.90. The predicted octanol–water partition coefficient (Wildman–Crippen LogP) is 4.63. The van der Waals surface area contributed by atoms with E-state index in [1.54, 1.807) is 30.3 Å². The molecule has 1 unspecified atom stereocenters. The first-order chi connectivity index (χ1) is 13.9. The Morgan fingerprint density at radius 3 is 2.52 bits per heavy atom. The Kier molecular flexibility index (Phi) is 6.24. The highest BCUT2D eigenvalue weighted by Gasteiger charge is 2.21. The molecule has 6 nitrogen and oxygen atoms in total. The number of ether oxygens (including phenoxy) is 2. The van der Waals surface area contributed by atoms with E-state index in [-0.39, 0.29) is 0 Å². The normalized spacial score (nSPS) is 11.6. The van der Waals surface area contributed by atoms with E-state index in [1.807, 2.05) is 42.1 Å². The average molecular weight is 413 g/mol. The number of carbonyl (C=O) groups is 2. The van der Waals surface area contributed by atoms with Gasteiger partial charge in [0, 0.05) is 29.2 Å². The minimum atomic E-state index is -1.00. The molecule has 3 aromatic rings. The number of rotatable bonds is 6. The van der Waals surface area contributed by atoms with Gasteiger partial charge in [0.1, 0.15) is 5.75 Å². The molecule has 150 valence electrons. The van der Waals surface area contributed by atoms with Crippen molar-refractivity contribution in [1.29, 1.82) is 0 Å². The molecule has 7 heteroatoms.